The standard InChI is InChI=1S/C51H63N3O8S2/c1-2-50(19-3-4-20-50)36-13-11-31-24-34-33-17-21-51(44(34)43-41(31)46(36)62-47(43)58)37-14-12-32(29-9-7-28(8-10-29)6-5-23-55)49(60)64-63-27-53-38-25-30(18-22-52-38)35(42(33)45(51)48(59)61-37)26-54-39(56)15-16-40(54)57/h14-16,18,25,28-29,31-35,44,49,52-53,55,60H,2-13,17,19-24,26-27H2,1H3/b37-14-/t28?,29?,31-,32+,33-,34-,35+,44+,49-,51-/m0/s1. The summed E-state index contributed by atoms with van der Waals surface area (Å²) >= 11 is 0. The Morgan fingerprint density at radius 1 is 0.906 bits per heavy atom. The number of hydrogen-bond acceptors (Lipinski definition) is 12. The summed E-state index contributed by atoms with van der Waals surface area (Å²) in [6, 6.07) is 0. The fourth-order valence-corrected chi connectivity index (χ4v) is 17.3. The lowest BCUT2D eigenvalue weighted by molar-refractivity contribution is -0.138. The van der Waals surface area contributed by atoms with Gasteiger partial charge in [-0.15, -0.1) is 0 Å². The molecule has 8 atom stereocenters. The highest BCUT2D eigenvalue weighted by Crippen LogP contribution is 2.73. The third-order valence-electron chi connectivity index (χ3n) is 18.1. The van der Waals surface area contributed by atoms with Crippen LogP contribution in [-0.4, -0.2) is 69.9 Å². The summed E-state index contributed by atoms with van der Waals surface area (Å²) in [4.78, 5) is 58.1. The molecule has 4 N–H and O–H groups in total. The van der Waals surface area contributed by atoms with Gasteiger partial charge >= 0.3 is 11.9 Å². The molecule has 0 unspecified atom stereocenters. The molecule has 0 aromatic carbocycles. The van der Waals surface area contributed by atoms with Gasteiger partial charge in [-0.05, 0) is 147 Å². The van der Waals surface area contributed by atoms with Gasteiger partial charge in [-0.1, -0.05) is 60.3 Å². The third-order valence-corrected chi connectivity index (χ3v) is 20.4. The first-order chi connectivity index (χ1) is 31.2. The van der Waals surface area contributed by atoms with Crippen molar-refractivity contribution in [3.63, 3.8) is 0 Å². The van der Waals surface area contributed by atoms with E-state index in [0.717, 1.165) is 117 Å². The minimum absolute atomic E-state index is 0.0186. The Balaban J connectivity index is 1.09. The van der Waals surface area contributed by atoms with E-state index in [9.17, 15) is 24.6 Å². The molecule has 64 heavy (non-hydrogen) atoms. The van der Waals surface area contributed by atoms with Crippen molar-refractivity contribution in [2.24, 2.45) is 58.2 Å². The highest BCUT2D eigenvalue weighted by molar-refractivity contribution is 8.76. The van der Waals surface area contributed by atoms with Crippen molar-refractivity contribution in [2.45, 2.75) is 122 Å². The molecule has 1 spiro atoms. The normalized spacial score (nSPS) is 38.6. The van der Waals surface area contributed by atoms with Crippen molar-refractivity contribution < 1.29 is 38.9 Å². The molecule has 4 fully saturated rings. The minimum Gasteiger partial charge on any atom is -0.427 e. The molecule has 13 heteroatoms. The number of ether oxygens (including phenoxy) is 2. The zero-order chi connectivity index (χ0) is 43.9. The number of fused-ring (bicyclic) bond motifs is 2. The quantitative estimate of drug-likeness (QED) is 0.106. The summed E-state index contributed by atoms with van der Waals surface area (Å²) < 4.78 is 13.3. The number of nitrogens with zero attached hydrogens (tertiary/aromatic N) is 1. The first-order valence-electron chi connectivity index (χ1n) is 24.5. The Morgan fingerprint density at radius 3 is 2.47 bits per heavy atom. The van der Waals surface area contributed by atoms with Crippen LogP contribution in [0.3, 0.4) is 0 Å². The summed E-state index contributed by atoms with van der Waals surface area (Å²) in [5.41, 5.74) is 4.17. The predicted molar refractivity (Wildman–Crippen MR) is 245 cm³/mol. The van der Waals surface area contributed by atoms with Gasteiger partial charge in [0.05, 0.1) is 22.7 Å². The Morgan fingerprint density at radius 2 is 1.70 bits per heavy atom. The molecule has 0 radical (unpaired) electrons. The number of carbonyl (C=O) groups is 4. The van der Waals surface area contributed by atoms with E-state index in [0.29, 0.717) is 42.5 Å². The molecule has 342 valence electrons. The van der Waals surface area contributed by atoms with Gasteiger partial charge in [-0.3, -0.25) is 14.5 Å². The van der Waals surface area contributed by atoms with E-state index in [-0.39, 0.29) is 71.9 Å². The predicted octanol–water partition coefficient (Wildman–Crippen LogP) is 8.02. The summed E-state index contributed by atoms with van der Waals surface area (Å²) in [5.74, 6) is 1.55. The van der Waals surface area contributed by atoms with Crippen LogP contribution in [0.2, 0.25) is 0 Å². The van der Waals surface area contributed by atoms with Crippen LogP contribution in [0.5, 0.6) is 0 Å². The average Bonchev–Trinajstić information content (AvgIpc) is 4.08. The van der Waals surface area contributed by atoms with Crippen LogP contribution in [0.1, 0.15) is 116 Å². The van der Waals surface area contributed by atoms with Crippen molar-refractivity contribution >= 4 is 45.3 Å². The van der Waals surface area contributed by atoms with Gasteiger partial charge in [0.1, 0.15) is 17.0 Å². The molecule has 1 saturated heterocycles. The Bertz CT molecular complexity index is 2220. The summed E-state index contributed by atoms with van der Waals surface area (Å²) in [7, 11) is 3.06. The molecule has 5 aliphatic heterocycles. The number of imide groups is 1. The number of nitrogens with one attached hydrogen (secondary N) is 2. The van der Waals surface area contributed by atoms with Crippen LogP contribution in [0.4, 0.5) is 0 Å². The topological polar surface area (TPSA) is 154 Å². The third kappa shape index (κ3) is 6.81. The number of amides is 2. The van der Waals surface area contributed by atoms with Crippen LogP contribution < -0.4 is 10.6 Å². The van der Waals surface area contributed by atoms with Crippen molar-refractivity contribution in [2.75, 3.05) is 25.6 Å². The summed E-state index contributed by atoms with van der Waals surface area (Å²) in [6.07, 6.45) is 25.3. The van der Waals surface area contributed by atoms with E-state index >= 15 is 4.79 Å². The molecular weight excluding hydrogens is 847 g/mol. The second kappa shape index (κ2) is 17.0. The van der Waals surface area contributed by atoms with E-state index in [4.69, 9.17) is 9.47 Å². The molecule has 0 aromatic heterocycles. The number of dihydropyridines is 1. The van der Waals surface area contributed by atoms with Crippen molar-refractivity contribution in [3.05, 3.63) is 81.2 Å². The van der Waals surface area contributed by atoms with Gasteiger partial charge in [-0.25, -0.2) is 9.59 Å². The number of hydrogen-bond donors (Lipinski definition) is 4. The number of rotatable bonds is 8. The molecule has 7 bridgehead atoms. The Labute approximate surface area is 384 Å². The first kappa shape index (κ1) is 43.1. The van der Waals surface area contributed by atoms with Gasteiger partial charge < -0.3 is 30.3 Å². The molecule has 5 heterocycles. The molecule has 12 rings (SSSR count). The van der Waals surface area contributed by atoms with Crippen LogP contribution in [0, 0.1) is 58.2 Å². The molecule has 3 saturated carbocycles. The van der Waals surface area contributed by atoms with E-state index in [2.05, 4.69) is 35.8 Å². The van der Waals surface area contributed by atoms with Crippen LogP contribution in [0.15, 0.2) is 81.2 Å². The molecule has 0 aromatic rings. The highest BCUT2D eigenvalue weighted by atomic mass is 33.1. The molecule has 12 aliphatic rings. The first-order valence-corrected chi connectivity index (χ1v) is 26.9. The number of allylic oxidation sites excluding steroid dienone is 5. The van der Waals surface area contributed by atoms with Crippen molar-refractivity contribution in [3.8, 4) is 0 Å². The highest BCUT2D eigenvalue weighted by Gasteiger charge is 2.70. The number of aliphatic hydroxyl groups is 2. The molecule has 7 aliphatic carbocycles. The van der Waals surface area contributed by atoms with Gasteiger partial charge in [0.15, 0.2) is 0 Å². The molecular formula is C51H63N3O8S2. The average molecular weight is 910 g/mol. The Kier molecular flexibility index (Phi) is 11.4. The molecule has 11 nitrogen and oxygen atoms in total. The van der Waals surface area contributed by atoms with E-state index in [1.165, 1.54) is 46.3 Å². The lowest BCUT2D eigenvalue weighted by atomic mass is 9.42. The van der Waals surface area contributed by atoms with Crippen LogP contribution >= 0.6 is 21.6 Å². The number of carbonyl (C=O) groups excluding carboxylic acids is 4. The van der Waals surface area contributed by atoms with Gasteiger partial charge in [0.2, 0.25) is 0 Å². The largest absolute Gasteiger partial charge is 0.427 e. The van der Waals surface area contributed by atoms with Crippen LogP contribution in [-0.2, 0) is 28.7 Å². The number of esters is 2. The van der Waals surface area contributed by atoms with Gasteiger partial charge in [-0.2, -0.15) is 0 Å². The van der Waals surface area contributed by atoms with E-state index in [1.54, 1.807) is 10.8 Å². The fraction of sp³-hybridized carbons (Fsp3) is 0.647. The lowest BCUT2D eigenvalue weighted by Crippen LogP contribution is -2.55. The zero-order valence-electron chi connectivity index (χ0n) is 37.0. The zero-order valence-corrected chi connectivity index (χ0v) is 38.7. The maximum absolute atomic E-state index is 15.2. The van der Waals surface area contributed by atoms with Gasteiger partial charge in [0.25, 0.3) is 11.8 Å². The second-order valence-electron chi connectivity index (χ2n) is 20.7. The van der Waals surface area contributed by atoms with E-state index < -0.39 is 22.7 Å². The van der Waals surface area contributed by atoms with Crippen LogP contribution in [0.25, 0.3) is 0 Å². The SMILES string of the molecule is CCC1(C2=C3OC(=O)C4=C3[C@@H](CC2)C[C@H]2[C@@H]3CC[C@@]5(C6=C3[C@H](CN3C(=O)C=CC3=O)C3=CCNC(=C3)NCSS[C@H](O)[C@@H](C3CCC(CCCO)CC3)C/C=C/5OC6=O)[C@@H]42)CCCC1. The Hall–Kier alpha value is -3.52. The summed E-state index contributed by atoms with van der Waals surface area (Å²) in [5, 5.41) is 28.6. The molecule has 2 amide bonds. The van der Waals surface area contributed by atoms with Crippen molar-refractivity contribution in [1.82, 2.24) is 15.5 Å². The lowest BCUT2D eigenvalue weighted by Gasteiger charge is -2.58. The summed E-state index contributed by atoms with van der Waals surface area (Å²) in [6.45, 7) is 3.13. The smallest absolute Gasteiger partial charge is 0.340 e. The maximum atomic E-state index is 15.2. The van der Waals surface area contributed by atoms with Crippen molar-refractivity contribution in [1.29, 1.82) is 0 Å². The second-order valence-corrected chi connectivity index (χ2v) is 23.2. The fourth-order valence-electron chi connectivity index (χ4n) is 15.2. The maximum Gasteiger partial charge on any atom is 0.340 e. The van der Waals surface area contributed by atoms with Gasteiger partial charge in [0, 0.05) is 60.7 Å². The minimum atomic E-state index is -0.939. The monoisotopic (exact) mass is 909 g/mol. The number of aliphatic hydroxyl groups excluding tert-OH is 2. The van der Waals surface area contributed by atoms with E-state index in [1.807, 2.05) is 0 Å².